The van der Waals surface area contributed by atoms with Crippen LogP contribution in [-0.4, -0.2) is 31.6 Å². The fraction of sp³-hybridized carbons (Fsp3) is 0.0714. The molecule has 0 saturated carbocycles. The number of aliphatic hydroxyl groups excluding tert-OH is 1. The lowest BCUT2D eigenvalue weighted by Gasteiger charge is -2.02. The summed E-state index contributed by atoms with van der Waals surface area (Å²) < 4.78 is 0. The van der Waals surface area contributed by atoms with Gasteiger partial charge in [0.1, 0.15) is 0 Å². The Balaban J connectivity index is 1.60. The van der Waals surface area contributed by atoms with Crippen LogP contribution < -0.4 is 0 Å². The maximum Gasteiger partial charge on any atom is 0.0658 e. The largest absolute Gasteiger partial charge is 0.396 e. The average Bonchev–Trinajstić information content (AvgIpc) is 3.60. The highest BCUT2D eigenvalue weighted by Crippen LogP contribution is 2.28. The predicted molar refractivity (Wildman–Crippen MR) is 135 cm³/mol. The maximum absolute atomic E-state index is 9.21. The fourth-order valence-electron chi connectivity index (χ4n) is 4.24. The van der Waals surface area contributed by atoms with E-state index in [9.17, 15) is 5.11 Å². The van der Waals surface area contributed by atoms with Crippen LogP contribution in [0.3, 0.4) is 0 Å². The van der Waals surface area contributed by atoms with E-state index in [0.29, 0.717) is 6.42 Å². The molecule has 0 radical (unpaired) electrons. The summed E-state index contributed by atoms with van der Waals surface area (Å²) in [5, 5.41) is 9.21. The first-order valence-corrected chi connectivity index (χ1v) is 11.0. The number of H-pyrrole nitrogens is 2. The van der Waals surface area contributed by atoms with E-state index in [4.69, 9.17) is 9.97 Å². The number of nitrogens with zero attached hydrogens (tertiary/aromatic N) is 2. The van der Waals surface area contributed by atoms with E-state index in [1.165, 1.54) is 0 Å². The van der Waals surface area contributed by atoms with Gasteiger partial charge in [0.15, 0.2) is 0 Å². The van der Waals surface area contributed by atoms with Crippen LogP contribution in [0.25, 0.3) is 57.5 Å². The lowest BCUT2D eigenvalue weighted by atomic mass is 10.0. The number of hydrogen-bond acceptors (Lipinski definition) is 3. The number of nitrogens with one attached hydrogen (secondary N) is 2. The molecule has 3 N–H and O–H groups in total. The highest BCUT2D eigenvalue weighted by atomic mass is 16.2. The van der Waals surface area contributed by atoms with E-state index >= 15 is 0 Å². The molecular weight excluding hydrogens is 408 g/mol. The van der Waals surface area contributed by atoms with Gasteiger partial charge in [-0.1, -0.05) is 24.3 Å². The third kappa shape index (κ3) is 4.02. The van der Waals surface area contributed by atoms with Crippen molar-refractivity contribution in [2.75, 3.05) is 6.61 Å². The topological polar surface area (TPSA) is 77.6 Å². The standard InChI is InChI=1S/C28H22N4O/c33-12-11-18-1-3-19(4-2-18)27-16-26-15-24-8-7-22(30-24)13-20-5-6-21(29-20)14-23-9-10-25(31-23)17-28(27)32-26/h1-10,13-17,29,32-33H,11-12H2. The smallest absolute Gasteiger partial charge is 0.0658 e. The molecule has 6 rings (SSSR count). The molecule has 0 saturated heterocycles. The molecule has 3 aromatic heterocycles. The molecule has 0 spiro atoms. The van der Waals surface area contributed by atoms with E-state index in [2.05, 4.69) is 52.4 Å². The summed E-state index contributed by atoms with van der Waals surface area (Å²) in [6.45, 7) is 0.152. The van der Waals surface area contributed by atoms with E-state index in [-0.39, 0.29) is 6.61 Å². The highest BCUT2D eigenvalue weighted by molar-refractivity contribution is 5.87. The van der Waals surface area contributed by atoms with Gasteiger partial charge in [0, 0.05) is 34.2 Å². The van der Waals surface area contributed by atoms with E-state index in [0.717, 1.165) is 61.5 Å². The summed E-state index contributed by atoms with van der Waals surface area (Å²) in [6.07, 6.45) is 8.76. The Morgan fingerprint density at radius 3 is 1.79 bits per heavy atom. The van der Waals surface area contributed by atoms with Crippen molar-refractivity contribution in [2.45, 2.75) is 6.42 Å². The number of aromatic nitrogens is 4. The second-order valence-electron chi connectivity index (χ2n) is 8.26. The third-order valence-corrected chi connectivity index (χ3v) is 5.83. The number of fused-ring (bicyclic) bond motifs is 8. The van der Waals surface area contributed by atoms with Gasteiger partial charge < -0.3 is 15.1 Å². The Morgan fingerprint density at radius 1 is 0.606 bits per heavy atom. The van der Waals surface area contributed by atoms with E-state index in [1.807, 2.05) is 48.6 Å². The van der Waals surface area contributed by atoms with Gasteiger partial charge in [0.05, 0.1) is 22.8 Å². The van der Waals surface area contributed by atoms with Crippen molar-refractivity contribution in [1.29, 1.82) is 0 Å². The molecule has 1 aromatic carbocycles. The SMILES string of the molecule is OCCc1ccc(-c2cc3cc4nc(cc5ccc(cc6nc(cc2[nH]3)C=C6)[nH]5)C=C4)cc1. The summed E-state index contributed by atoms with van der Waals surface area (Å²) in [4.78, 5) is 16.5. The summed E-state index contributed by atoms with van der Waals surface area (Å²) in [7, 11) is 0. The molecule has 4 aromatic rings. The normalized spacial score (nSPS) is 12.4. The van der Waals surface area contributed by atoms with E-state index in [1.54, 1.807) is 0 Å². The van der Waals surface area contributed by atoms with Crippen molar-refractivity contribution in [1.82, 2.24) is 19.9 Å². The van der Waals surface area contributed by atoms with Gasteiger partial charge in [-0.25, -0.2) is 9.97 Å². The van der Waals surface area contributed by atoms with Crippen LogP contribution in [0.2, 0.25) is 0 Å². The first-order chi connectivity index (χ1) is 16.2. The molecule has 0 aliphatic carbocycles. The second-order valence-corrected chi connectivity index (χ2v) is 8.26. The minimum Gasteiger partial charge on any atom is -0.396 e. The van der Waals surface area contributed by atoms with Crippen LogP contribution in [0.5, 0.6) is 0 Å². The van der Waals surface area contributed by atoms with Crippen LogP contribution in [0.4, 0.5) is 0 Å². The Bertz CT molecular complexity index is 1570. The molecule has 2 aliphatic heterocycles. The monoisotopic (exact) mass is 430 g/mol. The second kappa shape index (κ2) is 8.04. The number of hydrogen-bond donors (Lipinski definition) is 3. The molecule has 0 unspecified atom stereocenters. The number of rotatable bonds is 3. The highest BCUT2D eigenvalue weighted by Gasteiger charge is 2.07. The first kappa shape index (κ1) is 19.5. The van der Waals surface area contributed by atoms with Gasteiger partial charge in [-0.3, -0.25) is 0 Å². The van der Waals surface area contributed by atoms with Crippen molar-refractivity contribution < 1.29 is 5.11 Å². The summed E-state index contributed by atoms with van der Waals surface area (Å²) in [5.41, 5.74) is 10.9. The Morgan fingerprint density at radius 2 is 1.18 bits per heavy atom. The zero-order valence-corrected chi connectivity index (χ0v) is 17.9. The minimum absolute atomic E-state index is 0.152. The van der Waals surface area contributed by atoms with Gasteiger partial charge >= 0.3 is 0 Å². The van der Waals surface area contributed by atoms with Gasteiger partial charge in [0.25, 0.3) is 0 Å². The van der Waals surface area contributed by atoms with Crippen LogP contribution in [0, 0.1) is 0 Å². The zero-order valence-electron chi connectivity index (χ0n) is 17.9. The molecule has 5 heteroatoms. The first-order valence-electron chi connectivity index (χ1n) is 11.0. The van der Waals surface area contributed by atoms with Crippen LogP contribution in [0.15, 0.2) is 66.7 Å². The lowest BCUT2D eigenvalue weighted by Crippen LogP contribution is -1.89. The maximum atomic E-state index is 9.21. The van der Waals surface area contributed by atoms with Crippen LogP contribution in [0.1, 0.15) is 28.3 Å². The summed E-state index contributed by atoms with van der Waals surface area (Å²) >= 11 is 0. The molecule has 0 fully saturated rings. The predicted octanol–water partition coefficient (Wildman–Crippen LogP) is 5.86. The fourth-order valence-corrected chi connectivity index (χ4v) is 4.24. The van der Waals surface area contributed by atoms with Gasteiger partial charge in [-0.15, -0.1) is 0 Å². The van der Waals surface area contributed by atoms with Crippen LogP contribution in [-0.2, 0) is 6.42 Å². The molecule has 8 bridgehead atoms. The molecule has 160 valence electrons. The Labute approximate surface area is 190 Å². The van der Waals surface area contributed by atoms with Crippen molar-refractivity contribution in [2.24, 2.45) is 0 Å². The molecule has 0 atom stereocenters. The number of benzene rings is 1. The quantitative estimate of drug-likeness (QED) is 0.329. The van der Waals surface area contributed by atoms with Gasteiger partial charge in [-0.05, 0) is 84.3 Å². The molecule has 5 heterocycles. The van der Waals surface area contributed by atoms with Crippen molar-refractivity contribution >= 4 is 46.4 Å². The molecule has 33 heavy (non-hydrogen) atoms. The van der Waals surface area contributed by atoms with Crippen molar-refractivity contribution in [3.63, 3.8) is 0 Å². The van der Waals surface area contributed by atoms with E-state index < -0.39 is 0 Å². The van der Waals surface area contributed by atoms with Gasteiger partial charge in [0.2, 0.25) is 0 Å². The van der Waals surface area contributed by atoms with Crippen molar-refractivity contribution in [3.8, 4) is 11.1 Å². The molecular formula is C28H22N4O. The number of aromatic amines is 2. The summed E-state index contributed by atoms with van der Waals surface area (Å²) in [6, 6.07) is 22.8. The Kier molecular flexibility index (Phi) is 4.74. The molecule has 5 nitrogen and oxygen atoms in total. The van der Waals surface area contributed by atoms with Crippen LogP contribution >= 0.6 is 0 Å². The molecule has 0 amide bonds. The van der Waals surface area contributed by atoms with Gasteiger partial charge in [-0.2, -0.15) is 0 Å². The van der Waals surface area contributed by atoms with Crippen molar-refractivity contribution in [3.05, 3.63) is 95.1 Å². The number of aliphatic hydroxyl groups is 1. The third-order valence-electron chi connectivity index (χ3n) is 5.83. The lowest BCUT2D eigenvalue weighted by molar-refractivity contribution is 0.299. The minimum atomic E-state index is 0.152. The Hall–Kier alpha value is -4.22. The summed E-state index contributed by atoms with van der Waals surface area (Å²) in [5.74, 6) is 0. The average molecular weight is 431 g/mol. The molecule has 2 aliphatic rings. The zero-order chi connectivity index (χ0) is 22.2.